The van der Waals surface area contributed by atoms with Crippen molar-refractivity contribution in [1.29, 1.82) is 0 Å². The van der Waals surface area contributed by atoms with Crippen molar-refractivity contribution < 1.29 is 9.21 Å². The molecule has 0 aliphatic carbocycles. The summed E-state index contributed by atoms with van der Waals surface area (Å²) in [6.45, 7) is 5.66. The first-order chi connectivity index (χ1) is 11.6. The number of likely N-dealkylation sites (tertiary alicyclic amines) is 1. The first-order valence-corrected chi connectivity index (χ1v) is 9.37. The highest BCUT2D eigenvalue weighted by molar-refractivity contribution is 8.00. The van der Waals surface area contributed by atoms with Gasteiger partial charge in [-0.2, -0.15) is 0 Å². The molecule has 1 aliphatic heterocycles. The number of thioether (sulfide) groups is 1. The van der Waals surface area contributed by atoms with Crippen LogP contribution in [0.2, 0.25) is 0 Å². The zero-order chi connectivity index (χ0) is 16.9. The Morgan fingerprint density at radius 3 is 2.67 bits per heavy atom. The molecular formula is C18H23N3O2S. The van der Waals surface area contributed by atoms with Gasteiger partial charge in [0, 0.05) is 18.7 Å². The van der Waals surface area contributed by atoms with Crippen LogP contribution < -0.4 is 0 Å². The number of benzene rings is 1. The third kappa shape index (κ3) is 4.17. The average Bonchev–Trinajstić information content (AvgIpc) is 2.87. The predicted octanol–water partition coefficient (Wildman–Crippen LogP) is 3.93. The Kier molecular flexibility index (Phi) is 5.56. The number of hydrogen-bond donors (Lipinski definition) is 0. The zero-order valence-corrected chi connectivity index (χ0v) is 15.0. The lowest BCUT2D eigenvalue weighted by molar-refractivity contribution is -0.130. The Balaban J connectivity index is 1.64. The van der Waals surface area contributed by atoms with Crippen molar-refractivity contribution >= 4 is 17.7 Å². The van der Waals surface area contributed by atoms with Crippen LogP contribution in [0.3, 0.4) is 0 Å². The largest absolute Gasteiger partial charge is 0.411 e. The molecule has 2 heterocycles. The summed E-state index contributed by atoms with van der Waals surface area (Å²) in [5.74, 6) is 0.660. The Bertz CT molecular complexity index is 693. The van der Waals surface area contributed by atoms with Gasteiger partial charge >= 0.3 is 0 Å². The van der Waals surface area contributed by atoms with Crippen LogP contribution in [0.1, 0.15) is 38.2 Å². The van der Waals surface area contributed by atoms with Gasteiger partial charge in [-0.05, 0) is 38.8 Å². The number of aromatic nitrogens is 2. The molecule has 0 saturated carbocycles. The Morgan fingerprint density at radius 1 is 1.21 bits per heavy atom. The molecule has 1 saturated heterocycles. The minimum absolute atomic E-state index is 0.164. The van der Waals surface area contributed by atoms with Crippen molar-refractivity contribution in [1.82, 2.24) is 15.1 Å². The first kappa shape index (κ1) is 17.0. The fourth-order valence-electron chi connectivity index (χ4n) is 2.90. The summed E-state index contributed by atoms with van der Waals surface area (Å²) in [6.07, 6.45) is 4.63. The van der Waals surface area contributed by atoms with Gasteiger partial charge in [-0.3, -0.25) is 4.79 Å². The molecule has 6 heteroatoms. The van der Waals surface area contributed by atoms with E-state index in [-0.39, 0.29) is 11.2 Å². The monoisotopic (exact) mass is 345 g/mol. The van der Waals surface area contributed by atoms with Crippen LogP contribution in [0.4, 0.5) is 0 Å². The van der Waals surface area contributed by atoms with Crippen LogP contribution in [0.15, 0.2) is 33.9 Å². The quantitative estimate of drug-likeness (QED) is 0.786. The third-order valence-electron chi connectivity index (χ3n) is 4.21. The molecular weight excluding hydrogens is 322 g/mol. The van der Waals surface area contributed by atoms with Crippen LogP contribution in [-0.2, 0) is 4.79 Å². The molecule has 128 valence electrons. The van der Waals surface area contributed by atoms with Gasteiger partial charge in [-0.15, -0.1) is 10.2 Å². The van der Waals surface area contributed by atoms with E-state index in [9.17, 15) is 4.79 Å². The Morgan fingerprint density at radius 2 is 1.96 bits per heavy atom. The molecule has 0 spiro atoms. The Hall–Kier alpha value is -1.82. The maximum absolute atomic E-state index is 12.6. The maximum Gasteiger partial charge on any atom is 0.277 e. The molecule has 0 radical (unpaired) electrons. The number of rotatable bonds is 4. The third-order valence-corrected chi connectivity index (χ3v) is 5.14. The van der Waals surface area contributed by atoms with E-state index in [2.05, 4.69) is 10.2 Å². The molecule has 0 bridgehead atoms. The van der Waals surface area contributed by atoms with Crippen LogP contribution in [0.25, 0.3) is 11.5 Å². The highest BCUT2D eigenvalue weighted by atomic mass is 32.2. The summed E-state index contributed by atoms with van der Waals surface area (Å²) in [4.78, 5) is 14.6. The summed E-state index contributed by atoms with van der Waals surface area (Å²) in [7, 11) is 0. The number of carbonyl (C=O) groups excluding carboxylic acids is 1. The van der Waals surface area contributed by atoms with E-state index in [1.807, 2.05) is 43.0 Å². The minimum Gasteiger partial charge on any atom is -0.411 e. The normalized spacial score (nSPS) is 16.7. The van der Waals surface area contributed by atoms with Crippen LogP contribution in [-0.4, -0.2) is 39.3 Å². The summed E-state index contributed by atoms with van der Waals surface area (Å²) >= 11 is 1.34. The van der Waals surface area contributed by atoms with Gasteiger partial charge in [-0.25, -0.2) is 0 Å². The van der Waals surface area contributed by atoms with Gasteiger partial charge in [0.2, 0.25) is 11.8 Å². The second-order valence-electron chi connectivity index (χ2n) is 6.24. The van der Waals surface area contributed by atoms with Gasteiger partial charge in [0.25, 0.3) is 5.22 Å². The predicted molar refractivity (Wildman–Crippen MR) is 94.8 cm³/mol. The van der Waals surface area contributed by atoms with Crippen molar-refractivity contribution in [3.63, 3.8) is 0 Å². The molecule has 5 nitrogen and oxygen atoms in total. The van der Waals surface area contributed by atoms with Crippen molar-refractivity contribution in [3.8, 4) is 11.5 Å². The number of amides is 1. The van der Waals surface area contributed by atoms with Crippen molar-refractivity contribution in [2.75, 3.05) is 13.1 Å². The zero-order valence-electron chi connectivity index (χ0n) is 14.2. The lowest BCUT2D eigenvalue weighted by Gasteiger charge is -2.23. The fraction of sp³-hybridized carbons (Fsp3) is 0.500. The number of hydrogen-bond acceptors (Lipinski definition) is 5. The SMILES string of the molecule is Cc1cccc(-c2nnc(S[C@H](C)C(=O)N3CCCCCC3)o2)c1. The maximum atomic E-state index is 12.6. The highest BCUT2D eigenvalue weighted by Gasteiger charge is 2.24. The number of nitrogens with zero attached hydrogens (tertiary/aromatic N) is 3. The molecule has 3 rings (SSSR count). The smallest absolute Gasteiger partial charge is 0.277 e. The summed E-state index contributed by atoms with van der Waals surface area (Å²) < 4.78 is 5.73. The molecule has 24 heavy (non-hydrogen) atoms. The first-order valence-electron chi connectivity index (χ1n) is 8.49. The standard InChI is InChI=1S/C18H23N3O2S/c1-13-8-7-9-15(12-13)16-19-20-18(23-16)24-14(2)17(22)21-10-5-3-4-6-11-21/h7-9,12,14H,3-6,10-11H2,1-2H3/t14-/m1/s1. The molecule has 1 atom stereocenters. The summed E-state index contributed by atoms with van der Waals surface area (Å²) in [6, 6.07) is 7.94. The Labute approximate surface area is 146 Å². The van der Waals surface area contributed by atoms with Crippen molar-refractivity contribution in [3.05, 3.63) is 29.8 Å². The molecule has 1 aromatic heterocycles. The van der Waals surface area contributed by atoms with Crippen molar-refractivity contribution in [2.24, 2.45) is 0 Å². The second-order valence-corrected chi connectivity index (χ2v) is 7.53. The molecule has 1 aliphatic rings. The fourth-order valence-corrected chi connectivity index (χ4v) is 3.67. The van der Waals surface area contributed by atoms with E-state index in [1.165, 1.54) is 24.6 Å². The van der Waals surface area contributed by atoms with Gasteiger partial charge in [0.1, 0.15) is 0 Å². The molecule has 1 amide bonds. The molecule has 2 aromatic rings. The van der Waals surface area contributed by atoms with Gasteiger partial charge in [-0.1, -0.05) is 42.3 Å². The van der Waals surface area contributed by atoms with E-state index in [4.69, 9.17) is 4.42 Å². The lowest BCUT2D eigenvalue weighted by Crippen LogP contribution is -2.37. The number of aryl methyl sites for hydroxylation is 1. The molecule has 1 aromatic carbocycles. The lowest BCUT2D eigenvalue weighted by atomic mass is 10.1. The summed E-state index contributed by atoms with van der Waals surface area (Å²) in [5.41, 5.74) is 2.05. The van der Waals surface area contributed by atoms with E-state index in [0.29, 0.717) is 11.1 Å². The second kappa shape index (κ2) is 7.83. The van der Waals surface area contributed by atoms with E-state index in [0.717, 1.165) is 37.1 Å². The van der Waals surface area contributed by atoms with Gasteiger partial charge in [0.05, 0.1) is 5.25 Å². The number of carbonyl (C=O) groups is 1. The van der Waals surface area contributed by atoms with Crippen LogP contribution in [0.5, 0.6) is 0 Å². The van der Waals surface area contributed by atoms with E-state index < -0.39 is 0 Å². The topological polar surface area (TPSA) is 59.2 Å². The van der Waals surface area contributed by atoms with Crippen LogP contribution >= 0.6 is 11.8 Å². The molecule has 0 unspecified atom stereocenters. The molecule has 1 fully saturated rings. The average molecular weight is 345 g/mol. The summed E-state index contributed by atoms with van der Waals surface area (Å²) in [5, 5.41) is 8.42. The van der Waals surface area contributed by atoms with Crippen LogP contribution in [0, 0.1) is 6.92 Å². The minimum atomic E-state index is -0.214. The molecule has 0 N–H and O–H groups in total. The van der Waals surface area contributed by atoms with Gasteiger partial charge < -0.3 is 9.32 Å². The van der Waals surface area contributed by atoms with E-state index in [1.54, 1.807) is 0 Å². The van der Waals surface area contributed by atoms with E-state index >= 15 is 0 Å². The van der Waals surface area contributed by atoms with Crippen molar-refractivity contribution in [2.45, 2.75) is 50.0 Å². The highest BCUT2D eigenvalue weighted by Crippen LogP contribution is 2.27. The van der Waals surface area contributed by atoms with Gasteiger partial charge in [0.15, 0.2) is 0 Å².